The summed E-state index contributed by atoms with van der Waals surface area (Å²) in [6.45, 7) is 3.87. The normalized spacial score (nSPS) is 13.0. The highest BCUT2D eigenvalue weighted by Gasteiger charge is 2.28. The van der Waals surface area contributed by atoms with Gasteiger partial charge in [-0.3, -0.25) is 14.6 Å². The van der Waals surface area contributed by atoms with E-state index in [4.69, 9.17) is 0 Å². The average molecular weight is 336 g/mol. The van der Waals surface area contributed by atoms with Gasteiger partial charge in [0.25, 0.3) is 5.91 Å². The van der Waals surface area contributed by atoms with Crippen LogP contribution in [-0.2, 0) is 4.79 Å². The summed E-state index contributed by atoms with van der Waals surface area (Å²) >= 11 is 0. The fraction of sp³-hybridized carbons (Fsp3) is 0.600. The van der Waals surface area contributed by atoms with Crippen LogP contribution in [0.2, 0.25) is 0 Å². The van der Waals surface area contributed by atoms with Gasteiger partial charge < -0.3 is 20.7 Å². The van der Waals surface area contributed by atoms with E-state index in [1.54, 1.807) is 0 Å². The van der Waals surface area contributed by atoms with Crippen LogP contribution in [0.25, 0.3) is 0 Å². The number of aromatic nitrogens is 2. The van der Waals surface area contributed by atoms with Crippen molar-refractivity contribution in [3.8, 4) is 0 Å². The summed E-state index contributed by atoms with van der Waals surface area (Å²) in [6, 6.07) is -0.771. The van der Waals surface area contributed by atoms with E-state index in [9.17, 15) is 19.6 Å². The predicted octanol–water partition coefficient (Wildman–Crippen LogP) is 0.0621. The van der Waals surface area contributed by atoms with E-state index in [-0.39, 0.29) is 5.69 Å². The molecule has 0 aliphatic heterocycles. The summed E-state index contributed by atoms with van der Waals surface area (Å²) < 4.78 is 0. The molecule has 1 aromatic heterocycles. The first-order valence-electron chi connectivity index (χ1n) is 8.22. The Morgan fingerprint density at radius 2 is 1.92 bits per heavy atom. The van der Waals surface area contributed by atoms with Crippen LogP contribution in [0.1, 0.15) is 56.4 Å². The highest BCUT2D eigenvalue weighted by atomic mass is 16.4. The molecule has 0 unspecified atom stereocenters. The fourth-order valence-corrected chi connectivity index (χ4v) is 2.21. The molecule has 1 heterocycles. The molecule has 0 bridgehead atoms. The number of hydrogen-bond donors (Lipinski definition) is 4. The zero-order valence-electron chi connectivity index (χ0n) is 14.1. The minimum absolute atomic E-state index is 0.121. The van der Waals surface area contributed by atoms with Crippen LogP contribution in [0.15, 0.2) is 18.6 Å². The van der Waals surface area contributed by atoms with Gasteiger partial charge in [-0.1, -0.05) is 33.1 Å². The maximum absolute atomic E-state index is 12.4. The van der Waals surface area contributed by atoms with Crippen LogP contribution >= 0.6 is 0 Å². The van der Waals surface area contributed by atoms with Crippen molar-refractivity contribution in [3.05, 3.63) is 24.3 Å². The first-order valence-corrected chi connectivity index (χ1v) is 8.22. The van der Waals surface area contributed by atoms with Crippen molar-refractivity contribution in [3.63, 3.8) is 0 Å². The van der Waals surface area contributed by atoms with Crippen LogP contribution in [0.4, 0.5) is 0 Å². The first-order chi connectivity index (χ1) is 11.5. The van der Waals surface area contributed by atoms with Crippen LogP contribution < -0.4 is 10.6 Å². The van der Waals surface area contributed by atoms with E-state index in [0.29, 0.717) is 19.3 Å². The molecule has 0 spiro atoms. The van der Waals surface area contributed by atoms with Gasteiger partial charge >= 0.3 is 7.12 Å². The zero-order valence-corrected chi connectivity index (χ0v) is 14.1. The smallest absolute Gasteiger partial charge is 0.426 e. The molecule has 0 saturated carbocycles. The Balaban J connectivity index is 2.71. The average Bonchev–Trinajstić information content (AvgIpc) is 2.58. The van der Waals surface area contributed by atoms with E-state index < -0.39 is 30.9 Å². The topological polar surface area (TPSA) is 124 Å². The molecule has 2 atom stereocenters. The minimum atomic E-state index is -1.64. The number of nitrogens with zero attached hydrogens (tertiary/aromatic N) is 2. The van der Waals surface area contributed by atoms with Crippen molar-refractivity contribution in [2.75, 3.05) is 0 Å². The Morgan fingerprint density at radius 1 is 1.17 bits per heavy atom. The second-order valence-corrected chi connectivity index (χ2v) is 5.58. The van der Waals surface area contributed by atoms with E-state index in [1.807, 2.05) is 13.8 Å². The minimum Gasteiger partial charge on any atom is -0.426 e. The number of carbonyl (C=O) groups excluding carboxylic acids is 2. The number of amides is 2. The zero-order chi connectivity index (χ0) is 17.9. The van der Waals surface area contributed by atoms with Gasteiger partial charge in [-0.15, -0.1) is 0 Å². The van der Waals surface area contributed by atoms with Crippen LogP contribution in [0, 0.1) is 0 Å². The van der Waals surface area contributed by atoms with E-state index in [2.05, 4.69) is 20.6 Å². The van der Waals surface area contributed by atoms with Crippen molar-refractivity contribution >= 4 is 18.9 Å². The van der Waals surface area contributed by atoms with Crippen molar-refractivity contribution in [1.82, 2.24) is 20.6 Å². The van der Waals surface area contributed by atoms with Crippen LogP contribution in [-0.4, -0.2) is 50.9 Å². The number of rotatable bonds is 10. The predicted molar refractivity (Wildman–Crippen MR) is 89.8 cm³/mol. The van der Waals surface area contributed by atoms with Crippen LogP contribution in [0.3, 0.4) is 0 Å². The molecular weight excluding hydrogens is 311 g/mol. The molecule has 0 saturated heterocycles. The van der Waals surface area contributed by atoms with Gasteiger partial charge in [0.05, 0.1) is 12.1 Å². The lowest BCUT2D eigenvalue weighted by Crippen LogP contribution is -2.54. The van der Waals surface area contributed by atoms with Gasteiger partial charge in [0.1, 0.15) is 11.7 Å². The molecule has 0 fully saturated rings. The molecule has 1 aromatic rings. The van der Waals surface area contributed by atoms with Gasteiger partial charge in [0.2, 0.25) is 5.91 Å². The Labute approximate surface area is 142 Å². The van der Waals surface area contributed by atoms with Crippen molar-refractivity contribution in [1.29, 1.82) is 0 Å². The quantitative estimate of drug-likeness (QED) is 0.448. The number of nitrogens with one attached hydrogen (secondary N) is 2. The SMILES string of the molecule is CCCC[C@H](NC(=O)[C@@H](CCC)NC(=O)c1cnccn1)B(O)O. The molecule has 4 N–H and O–H groups in total. The van der Waals surface area contributed by atoms with Crippen molar-refractivity contribution in [2.45, 2.75) is 57.9 Å². The Bertz CT molecular complexity index is 515. The van der Waals surface area contributed by atoms with Gasteiger partial charge in [-0.25, -0.2) is 4.98 Å². The highest BCUT2D eigenvalue weighted by Crippen LogP contribution is 2.05. The highest BCUT2D eigenvalue weighted by molar-refractivity contribution is 6.43. The Morgan fingerprint density at radius 3 is 2.46 bits per heavy atom. The third-order valence-electron chi connectivity index (χ3n) is 3.55. The van der Waals surface area contributed by atoms with Crippen LogP contribution in [0.5, 0.6) is 0 Å². The summed E-state index contributed by atoms with van der Waals surface area (Å²) in [7, 11) is -1.64. The molecule has 1 rings (SSSR count). The maximum atomic E-state index is 12.4. The molecule has 8 nitrogen and oxygen atoms in total. The summed E-state index contributed by atoms with van der Waals surface area (Å²) in [5.41, 5.74) is 0.121. The summed E-state index contributed by atoms with van der Waals surface area (Å²) in [5.74, 6) is -1.69. The van der Waals surface area contributed by atoms with Gasteiger partial charge in [0.15, 0.2) is 0 Å². The second-order valence-electron chi connectivity index (χ2n) is 5.58. The van der Waals surface area contributed by atoms with Crippen molar-refractivity contribution < 1.29 is 19.6 Å². The lowest BCUT2D eigenvalue weighted by molar-refractivity contribution is -0.123. The summed E-state index contributed by atoms with van der Waals surface area (Å²) in [6.07, 6.45) is 7.36. The molecule has 2 amide bonds. The lowest BCUT2D eigenvalue weighted by Gasteiger charge is -2.22. The largest absolute Gasteiger partial charge is 0.475 e. The van der Waals surface area contributed by atoms with E-state index >= 15 is 0 Å². The number of hydrogen-bond acceptors (Lipinski definition) is 6. The molecular formula is C15H25BN4O4. The van der Waals surface area contributed by atoms with Gasteiger partial charge in [0, 0.05) is 12.4 Å². The third-order valence-corrected chi connectivity index (χ3v) is 3.55. The fourth-order valence-electron chi connectivity index (χ4n) is 2.21. The first kappa shape index (κ1) is 20.1. The summed E-state index contributed by atoms with van der Waals surface area (Å²) in [4.78, 5) is 32.2. The molecule has 0 aromatic carbocycles. The molecule has 0 aliphatic carbocycles. The molecule has 0 aliphatic rings. The monoisotopic (exact) mass is 336 g/mol. The third kappa shape index (κ3) is 6.63. The molecule has 24 heavy (non-hydrogen) atoms. The molecule has 9 heteroatoms. The Kier molecular flexibility index (Phi) is 8.95. The van der Waals surface area contributed by atoms with E-state index in [1.165, 1.54) is 18.6 Å². The van der Waals surface area contributed by atoms with Gasteiger partial charge in [-0.05, 0) is 12.8 Å². The number of carbonyl (C=O) groups is 2. The van der Waals surface area contributed by atoms with E-state index in [0.717, 1.165) is 12.8 Å². The standard InChI is InChI=1S/C15H25BN4O4/c1-3-5-7-13(16(23)24)20-14(21)11(6-4-2)19-15(22)12-10-17-8-9-18-12/h8-11,13,23-24H,3-7H2,1-2H3,(H,19,22)(H,20,21)/t11-,13+/m1/s1. The number of unbranched alkanes of at least 4 members (excludes halogenated alkanes) is 1. The lowest BCUT2D eigenvalue weighted by atomic mass is 9.76. The molecule has 132 valence electrons. The van der Waals surface area contributed by atoms with Gasteiger partial charge in [-0.2, -0.15) is 0 Å². The Hall–Kier alpha value is -2.00. The maximum Gasteiger partial charge on any atom is 0.475 e. The van der Waals surface area contributed by atoms with Crippen molar-refractivity contribution in [2.24, 2.45) is 0 Å². The molecule has 0 radical (unpaired) electrons. The second kappa shape index (κ2) is 10.7. The summed E-state index contributed by atoms with van der Waals surface area (Å²) in [5, 5.41) is 24.0.